The van der Waals surface area contributed by atoms with E-state index >= 15 is 0 Å². The number of hydrazone groups is 1. The summed E-state index contributed by atoms with van der Waals surface area (Å²) in [6.07, 6.45) is 3.66. The summed E-state index contributed by atoms with van der Waals surface area (Å²) in [6.45, 7) is 1.87. The van der Waals surface area contributed by atoms with E-state index in [4.69, 9.17) is 0 Å². The van der Waals surface area contributed by atoms with Crippen LogP contribution < -0.4 is 20.6 Å². The molecule has 8 rings (SSSR count). The minimum Gasteiger partial charge on any atom is -0.483 e. The smallest absolute Gasteiger partial charge is 0.285 e. The molecule has 0 unspecified atom stereocenters. The summed E-state index contributed by atoms with van der Waals surface area (Å²) in [4.78, 5) is 9.09. The molecule has 0 bridgehead atoms. The molecule has 4 heterocycles. The van der Waals surface area contributed by atoms with Gasteiger partial charge in [0.15, 0.2) is 0 Å². The largest absolute Gasteiger partial charge is 0.483 e. The first-order valence-electron chi connectivity index (χ1n) is 12.7. The van der Waals surface area contributed by atoms with E-state index in [1.54, 1.807) is 5.01 Å². The third-order valence-electron chi connectivity index (χ3n) is 7.52. The van der Waals surface area contributed by atoms with E-state index in [2.05, 4.69) is 99.8 Å². The number of benzene rings is 4. The number of pyridine rings is 1. The van der Waals surface area contributed by atoms with Crippen LogP contribution in [0.3, 0.4) is 0 Å². The van der Waals surface area contributed by atoms with Crippen molar-refractivity contribution in [3.63, 3.8) is 0 Å². The fraction of sp³-hybridized carbons (Fsp3) is 0.0312. The molecule has 0 fully saturated rings. The molecule has 0 atom stereocenters. The van der Waals surface area contributed by atoms with Crippen LogP contribution in [0.5, 0.6) is 0 Å². The van der Waals surface area contributed by atoms with Crippen molar-refractivity contribution < 1.29 is 21.1 Å². The fourth-order valence-corrected chi connectivity index (χ4v) is 5.87. The molecule has 0 aliphatic carbocycles. The van der Waals surface area contributed by atoms with Crippen molar-refractivity contribution in [2.75, 3.05) is 16.8 Å². The van der Waals surface area contributed by atoms with Crippen LogP contribution in [0.1, 0.15) is 0 Å². The SMILES string of the molecule is CN1[CH-]N(c2[c-]c3c(cc2)-c2ccccc2N2B3c3[c-]c(-c4ccccn4)ccc3-c3ccccc32)C=N1.[Pt]. The Bertz CT molecular complexity index is 1760. The summed E-state index contributed by atoms with van der Waals surface area (Å²) in [5.74, 6) is 0. The Balaban J connectivity index is 0.00000253. The van der Waals surface area contributed by atoms with Gasteiger partial charge in [0.05, 0.1) is 6.34 Å². The first-order chi connectivity index (χ1) is 18.8. The second kappa shape index (κ2) is 9.25. The Kier molecular flexibility index (Phi) is 5.68. The number of anilines is 3. The number of hydrogen-bond donors (Lipinski definition) is 0. The van der Waals surface area contributed by atoms with E-state index in [9.17, 15) is 0 Å². The molecule has 5 nitrogen and oxygen atoms in total. The summed E-state index contributed by atoms with van der Waals surface area (Å²) in [5.41, 5.74) is 12.3. The van der Waals surface area contributed by atoms with Gasteiger partial charge in [0, 0.05) is 38.6 Å². The second-order valence-corrected chi connectivity index (χ2v) is 9.72. The molecule has 190 valence electrons. The van der Waals surface area contributed by atoms with Gasteiger partial charge in [-0.1, -0.05) is 54.1 Å². The molecule has 1 aromatic heterocycles. The average Bonchev–Trinajstić information content (AvgIpc) is 3.43. The van der Waals surface area contributed by atoms with E-state index in [0.717, 1.165) is 27.9 Å². The number of fused-ring (bicyclic) bond motifs is 11. The molecule has 3 aliphatic rings. The van der Waals surface area contributed by atoms with Crippen molar-refractivity contribution in [3.05, 3.63) is 116 Å². The Hall–Kier alpha value is -4.15. The summed E-state index contributed by atoms with van der Waals surface area (Å²) < 4.78 is 0. The van der Waals surface area contributed by atoms with Crippen LogP contribution >= 0.6 is 0 Å². The van der Waals surface area contributed by atoms with Gasteiger partial charge >= 0.3 is 0 Å². The van der Waals surface area contributed by atoms with Crippen LogP contribution in [0.4, 0.5) is 17.1 Å². The van der Waals surface area contributed by atoms with E-state index in [-0.39, 0.29) is 27.9 Å². The van der Waals surface area contributed by atoms with E-state index < -0.39 is 0 Å². The molecular formula is C32H21BN5Pt-3. The zero-order chi connectivity index (χ0) is 25.2. The van der Waals surface area contributed by atoms with Crippen LogP contribution in [-0.2, 0) is 21.1 Å². The minimum absolute atomic E-state index is 0. The predicted molar refractivity (Wildman–Crippen MR) is 155 cm³/mol. The van der Waals surface area contributed by atoms with Crippen molar-refractivity contribution in [2.45, 2.75) is 0 Å². The van der Waals surface area contributed by atoms with Gasteiger partial charge in [0.25, 0.3) is 6.85 Å². The van der Waals surface area contributed by atoms with Gasteiger partial charge in [-0.2, -0.15) is 17.6 Å². The van der Waals surface area contributed by atoms with E-state index in [0.29, 0.717) is 0 Å². The molecule has 0 saturated heterocycles. The minimum atomic E-state index is -0.0920. The maximum absolute atomic E-state index is 4.62. The number of nitrogens with zero attached hydrogens (tertiary/aromatic N) is 5. The Morgan fingerprint density at radius 3 is 2.05 bits per heavy atom. The third kappa shape index (κ3) is 3.66. The maximum Gasteiger partial charge on any atom is 0.285 e. The molecule has 39 heavy (non-hydrogen) atoms. The monoisotopic (exact) mass is 681 g/mol. The summed E-state index contributed by atoms with van der Waals surface area (Å²) in [7, 11) is 1.93. The van der Waals surface area contributed by atoms with Gasteiger partial charge in [0.2, 0.25) is 0 Å². The quantitative estimate of drug-likeness (QED) is 0.193. The normalized spacial score (nSPS) is 14.2. The van der Waals surface area contributed by atoms with Gasteiger partial charge in [-0.15, -0.1) is 58.8 Å². The molecule has 0 amide bonds. The first kappa shape index (κ1) is 23.9. The van der Waals surface area contributed by atoms with Crippen molar-refractivity contribution in [1.82, 2.24) is 9.99 Å². The standard InChI is InChI=1S/C32H21BN5.Pt/c1-36-21-37(20-35-36)23-14-16-25-27-9-3-5-12-32(27)38-31-11-4-2-8-26(31)24-15-13-22(30-10-6-7-17-34-30)18-28(24)33(38)29(25)19-23;/h2-17,20-21H,1H3;/q-3;. The summed E-state index contributed by atoms with van der Waals surface area (Å²) in [5, 5.41) is 6.17. The van der Waals surface area contributed by atoms with Crippen molar-refractivity contribution in [2.24, 2.45) is 5.10 Å². The van der Waals surface area contributed by atoms with E-state index in [1.807, 2.05) is 49.4 Å². The van der Waals surface area contributed by atoms with Crippen LogP contribution in [0.25, 0.3) is 33.5 Å². The van der Waals surface area contributed by atoms with Crippen LogP contribution in [-0.4, -0.2) is 30.2 Å². The molecule has 7 heteroatoms. The molecule has 4 aromatic carbocycles. The Labute approximate surface area is 242 Å². The fourth-order valence-electron chi connectivity index (χ4n) is 5.87. The number of rotatable bonds is 2. The maximum atomic E-state index is 4.62. The number of aromatic nitrogens is 1. The predicted octanol–water partition coefficient (Wildman–Crippen LogP) is 5.07. The van der Waals surface area contributed by atoms with Gasteiger partial charge in [0.1, 0.15) is 0 Å². The zero-order valence-electron chi connectivity index (χ0n) is 21.0. The topological polar surface area (TPSA) is 35.0 Å². The zero-order valence-corrected chi connectivity index (χ0v) is 23.3. The average molecular weight is 681 g/mol. The molecule has 3 aliphatic heterocycles. The van der Waals surface area contributed by atoms with E-state index in [1.165, 1.54) is 33.6 Å². The molecule has 0 radical (unpaired) electrons. The number of para-hydroxylation sites is 2. The van der Waals surface area contributed by atoms with Gasteiger partial charge in [-0.25, -0.2) is 5.10 Å². The molecule has 0 N–H and O–H groups in total. The summed E-state index contributed by atoms with van der Waals surface area (Å²) in [6, 6.07) is 39.7. The van der Waals surface area contributed by atoms with Gasteiger partial charge in [-0.3, -0.25) is 0 Å². The van der Waals surface area contributed by atoms with Crippen molar-refractivity contribution in [3.8, 4) is 33.5 Å². The van der Waals surface area contributed by atoms with Crippen LogP contribution in [0.2, 0.25) is 0 Å². The summed E-state index contributed by atoms with van der Waals surface area (Å²) >= 11 is 0. The Morgan fingerprint density at radius 2 is 1.38 bits per heavy atom. The molecule has 5 aromatic rings. The third-order valence-corrected chi connectivity index (χ3v) is 7.52. The van der Waals surface area contributed by atoms with Crippen LogP contribution in [0.15, 0.2) is 102 Å². The molecular weight excluding hydrogens is 660 g/mol. The second-order valence-electron chi connectivity index (χ2n) is 9.72. The molecule has 0 saturated carbocycles. The van der Waals surface area contributed by atoms with Gasteiger partial charge < -0.3 is 19.7 Å². The molecule has 0 spiro atoms. The van der Waals surface area contributed by atoms with Crippen molar-refractivity contribution in [1.29, 1.82) is 0 Å². The van der Waals surface area contributed by atoms with Gasteiger partial charge in [-0.05, 0) is 36.5 Å². The Morgan fingerprint density at radius 1 is 0.718 bits per heavy atom. The first-order valence-corrected chi connectivity index (χ1v) is 12.7. The number of hydrogen-bond acceptors (Lipinski definition) is 5. The van der Waals surface area contributed by atoms with Crippen LogP contribution in [0, 0.1) is 18.8 Å². The van der Waals surface area contributed by atoms with Crippen molar-refractivity contribution >= 4 is 41.2 Å².